The number of rotatable bonds is 8. The fraction of sp³-hybridized carbons (Fsp3) is 0.458. The molecule has 2 aromatic rings. The van der Waals surface area contributed by atoms with Gasteiger partial charge in [0.25, 0.3) is 0 Å². The molecule has 1 aliphatic rings. The lowest BCUT2D eigenvalue weighted by molar-refractivity contribution is -0.133. The SMILES string of the molecule is COc1ccc(OC)c(CN2CCN(C(=O)CCCc3ccc(C)cc3)CC2)c1. The van der Waals surface area contributed by atoms with Crippen LogP contribution in [-0.2, 0) is 17.8 Å². The fourth-order valence-electron chi connectivity index (χ4n) is 3.76. The molecule has 156 valence electrons. The van der Waals surface area contributed by atoms with E-state index in [1.165, 1.54) is 11.1 Å². The van der Waals surface area contributed by atoms with Gasteiger partial charge in [0, 0.05) is 44.7 Å². The Morgan fingerprint density at radius 2 is 1.69 bits per heavy atom. The molecule has 29 heavy (non-hydrogen) atoms. The highest BCUT2D eigenvalue weighted by atomic mass is 16.5. The molecule has 5 nitrogen and oxygen atoms in total. The van der Waals surface area contributed by atoms with Crippen molar-refractivity contribution in [1.82, 2.24) is 9.80 Å². The third-order valence-corrected chi connectivity index (χ3v) is 5.58. The monoisotopic (exact) mass is 396 g/mol. The summed E-state index contributed by atoms with van der Waals surface area (Å²) in [5.74, 6) is 1.99. The zero-order valence-corrected chi connectivity index (χ0v) is 17.8. The highest BCUT2D eigenvalue weighted by Gasteiger charge is 2.21. The zero-order chi connectivity index (χ0) is 20.6. The van der Waals surface area contributed by atoms with Crippen molar-refractivity contribution in [2.45, 2.75) is 32.7 Å². The second kappa shape index (κ2) is 10.3. The Kier molecular flexibility index (Phi) is 7.53. The van der Waals surface area contributed by atoms with E-state index >= 15 is 0 Å². The number of hydrogen-bond acceptors (Lipinski definition) is 4. The quantitative estimate of drug-likeness (QED) is 0.683. The van der Waals surface area contributed by atoms with Gasteiger partial charge in [-0.2, -0.15) is 0 Å². The van der Waals surface area contributed by atoms with Gasteiger partial charge < -0.3 is 14.4 Å². The lowest BCUT2D eigenvalue weighted by atomic mass is 10.1. The minimum absolute atomic E-state index is 0.274. The number of benzene rings is 2. The van der Waals surface area contributed by atoms with Gasteiger partial charge in [0.15, 0.2) is 0 Å². The molecule has 0 radical (unpaired) electrons. The topological polar surface area (TPSA) is 42.0 Å². The van der Waals surface area contributed by atoms with Crippen LogP contribution in [0, 0.1) is 6.92 Å². The van der Waals surface area contributed by atoms with Gasteiger partial charge in [-0.25, -0.2) is 0 Å². The Bertz CT molecular complexity index is 796. The molecule has 0 unspecified atom stereocenters. The normalized spacial score (nSPS) is 14.7. The van der Waals surface area contributed by atoms with Crippen molar-refractivity contribution in [1.29, 1.82) is 0 Å². The fourth-order valence-corrected chi connectivity index (χ4v) is 3.76. The third kappa shape index (κ3) is 5.97. The van der Waals surface area contributed by atoms with Crippen molar-refractivity contribution in [3.8, 4) is 11.5 Å². The molecule has 1 aliphatic heterocycles. The van der Waals surface area contributed by atoms with Crippen LogP contribution in [-0.4, -0.2) is 56.1 Å². The van der Waals surface area contributed by atoms with Crippen LogP contribution in [0.5, 0.6) is 11.5 Å². The number of hydrogen-bond donors (Lipinski definition) is 0. The molecule has 1 fully saturated rings. The van der Waals surface area contributed by atoms with Gasteiger partial charge in [-0.15, -0.1) is 0 Å². The molecule has 1 heterocycles. The van der Waals surface area contributed by atoms with Crippen LogP contribution in [0.25, 0.3) is 0 Å². The van der Waals surface area contributed by atoms with Gasteiger partial charge >= 0.3 is 0 Å². The maximum Gasteiger partial charge on any atom is 0.222 e. The Morgan fingerprint density at radius 1 is 0.966 bits per heavy atom. The molecule has 0 saturated carbocycles. The first-order valence-corrected chi connectivity index (χ1v) is 10.4. The molecule has 0 aliphatic carbocycles. The van der Waals surface area contributed by atoms with E-state index in [2.05, 4.69) is 36.1 Å². The molecular formula is C24H32N2O3. The molecule has 3 rings (SSSR count). The number of nitrogens with zero attached hydrogens (tertiary/aromatic N) is 2. The lowest BCUT2D eigenvalue weighted by Gasteiger charge is -2.35. The molecule has 2 aromatic carbocycles. The summed E-state index contributed by atoms with van der Waals surface area (Å²) in [4.78, 5) is 16.9. The van der Waals surface area contributed by atoms with Crippen LogP contribution >= 0.6 is 0 Å². The summed E-state index contributed by atoms with van der Waals surface area (Å²) >= 11 is 0. The second-order valence-electron chi connectivity index (χ2n) is 7.67. The van der Waals surface area contributed by atoms with E-state index < -0.39 is 0 Å². The predicted molar refractivity (Wildman–Crippen MR) is 116 cm³/mol. The molecule has 0 aromatic heterocycles. The van der Waals surface area contributed by atoms with Crippen LogP contribution in [0.15, 0.2) is 42.5 Å². The molecule has 1 saturated heterocycles. The van der Waals surface area contributed by atoms with Crippen LogP contribution in [0.3, 0.4) is 0 Å². The number of methoxy groups -OCH3 is 2. The molecule has 0 bridgehead atoms. The van der Waals surface area contributed by atoms with Crippen molar-refractivity contribution in [3.63, 3.8) is 0 Å². The number of piperazine rings is 1. The Morgan fingerprint density at radius 3 is 2.34 bits per heavy atom. The van der Waals surface area contributed by atoms with Gasteiger partial charge in [-0.05, 0) is 43.5 Å². The molecule has 0 N–H and O–H groups in total. The number of carbonyl (C=O) groups is 1. The summed E-state index contributed by atoms with van der Waals surface area (Å²) in [5.41, 5.74) is 3.69. The minimum Gasteiger partial charge on any atom is -0.497 e. The number of carbonyl (C=O) groups excluding carboxylic acids is 1. The van der Waals surface area contributed by atoms with E-state index in [0.717, 1.165) is 62.6 Å². The molecule has 5 heteroatoms. The largest absolute Gasteiger partial charge is 0.497 e. The first-order chi connectivity index (χ1) is 14.1. The Balaban J connectivity index is 1.44. The van der Waals surface area contributed by atoms with E-state index in [9.17, 15) is 4.79 Å². The predicted octanol–water partition coefficient (Wildman–Crippen LogP) is 3.68. The van der Waals surface area contributed by atoms with E-state index in [1.807, 2.05) is 23.1 Å². The highest BCUT2D eigenvalue weighted by molar-refractivity contribution is 5.76. The van der Waals surface area contributed by atoms with Gasteiger partial charge in [0.2, 0.25) is 5.91 Å². The van der Waals surface area contributed by atoms with Crippen LogP contribution < -0.4 is 9.47 Å². The van der Waals surface area contributed by atoms with E-state index in [-0.39, 0.29) is 5.91 Å². The molecule has 0 spiro atoms. The third-order valence-electron chi connectivity index (χ3n) is 5.58. The van der Waals surface area contributed by atoms with Crippen molar-refractivity contribution < 1.29 is 14.3 Å². The van der Waals surface area contributed by atoms with Crippen LogP contribution in [0.1, 0.15) is 29.5 Å². The minimum atomic E-state index is 0.274. The van der Waals surface area contributed by atoms with Gasteiger partial charge in [0.1, 0.15) is 11.5 Å². The summed E-state index contributed by atoms with van der Waals surface area (Å²) in [7, 11) is 3.37. The lowest BCUT2D eigenvalue weighted by Crippen LogP contribution is -2.48. The average Bonchev–Trinajstić information content (AvgIpc) is 2.75. The van der Waals surface area contributed by atoms with Crippen molar-refractivity contribution in [3.05, 3.63) is 59.2 Å². The molecular weight excluding hydrogens is 364 g/mol. The van der Waals surface area contributed by atoms with Crippen molar-refractivity contribution in [2.24, 2.45) is 0 Å². The van der Waals surface area contributed by atoms with Gasteiger partial charge in [-0.3, -0.25) is 9.69 Å². The average molecular weight is 397 g/mol. The van der Waals surface area contributed by atoms with Crippen LogP contribution in [0.4, 0.5) is 0 Å². The molecule has 1 amide bonds. The van der Waals surface area contributed by atoms with E-state index in [1.54, 1.807) is 14.2 Å². The number of aryl methyl sites for hydroxylation is 2. The zero-order valence-electron chi connectivity index (χ0n) is 17.8. The first kappa shape index (κ1) is 21.2. The second-order valence-corrected chi connectivity index (χ2v) is 7.67. The van der Waals surface area contributed by atoms with Gasteiger partial charge in [-0.1, -0.05) is 29.8 Å². The molecule has 0 atom stereocenters. The Hall–Kier alpha value is -2.53. The maximum atomic E-state index is 12.6. The highest BCUT2D eigenvalue weighted by Crippen LogP contribution is 2.25. The summed E-state index contributed by atoms with van der Waals surface area (Å²) in [6.07, 6.45) is 2.49. The summed E-state index contributed by atoms with van der Waals surface area (Å²) in [6.45, 7) is 6.23. The smallest absolute Gasteiger partial charge is 0.222 e. The van der Waals surface area contributed by atoms with Crippen LogP contribution in [0.2, 0.25) is 0 Å². The summed E-state index contributed by atoms with van der Waals surface area (Å²) in [5, 5.41) is 0. The van der Waals surface area contributed by atoms with Crippen molar-refractivity contribution in [2.75, 3.05) is 40.4 Å². The number of ether oxygens (including phenoxy) is 2. The van der Waals surface area contributed by atoms with E-state index in [4.69, 9.17) is 9.47 Å². The van der Waals surface area contributed by atoms with Gasteiger partial charge in [0.05, 0.1) is 14.2 Å². The standard InChI is InChI=1S/C24H32N2O3/c1-19-7-9-20(10-8-19)5-4-6-24(27)26-15-13-25(14-16-26)18-21-17-22(28-2)11-12-23(21)29-3/h7-12,17H,4-6,13-16,18H2,1-3H3. The first-order valence-electron chi connectivity index (χ1n) is 10.4. The maximum absolute atomic E-state index is 12.6. The number of amides is 1. The van der Waals surface area contributed by atoms with Crippen molar-refractivity contribution >= 4 is 5.91 Å². The summed E-state index contributed by atoms with van der Waals surface area (Å²) in [6, 6.07) is 14.5. The Labute approximate surface area is 174 Å². The van der Waals surface area contributed by atoms with E-state index in [0.29, 0.717) is 6.42 Å². The summed E-state index contributed by atoms with van der Waals surface area (Å²) < 4.78 is 10.8.